The Kier molecular flexibility index (Phi) is 5.13. The van der Waals surface area contributed by atoms with E-state index in [1.807, 2.05) is 48.5 Å². The molecule has 1 heterocycles. The van der Waals surface area contributed by atoms with Crippen molar-refractivity contribution < 1.29 is 14.3 Å². The second kappa shape index (κ2) is 7.87. The lowest BCUT2D eigenvalue weighted by Gasteiger charge is -2.26. The first-order valence-electron chi connectivity index (χ1n) is 9.00. The van der Waals surface area contributed by atoms with Gasteiger partial charge in [-0.25, -0.2) is 0 Å². The number of amides is 1. The molecule has 2 atom stereocenters. The normalized spacial score (nSPS) is 16.6. The van der Waals surface area contributed by atoms with E-state index in [0.29, 0.717) is 16.3 Å². The van der Waals surface area contributed by atoms with Gasteiger partial charge >= 0.3 is 0 Å². The van der Waals surface area contributed by atoms with E-state index in [4.69, 9.17) is 16.3 Å². The van der Waals surface area contributed by atoms with E-state index in [-0.39, 0.29) is 18.3 Å². The van der Waals surface area contributed by atoms with Gasteiger partial charge in [-0.2, -0.15) is 0 Å². The van der Waals surface area contributed by atoms with Crippen LogP contribution in [0.15, 0.2) is 78.9 Å². The fourth-order valence-corrected chi connectivity index (χ4v) is 3.56. The molecule has 0 spiro atoms. The molecule has 0 aromatic heterocycles. The van der Waals surface area contributed by atoms with Gasteiger partial charge < -0.3 is 10.1 Å². The molecule has 0 bridgehead atoms. The van der Waals surface area contributed by atoms with Crippen LogP contribution in [0.4, 0.5) is 0 Å². The van der Waals surface area contributed by atoms with Crippen LogP contribution in [0.5, 0.6) is 5.75 Å². The summed E-state index contributed by atoms with van der Waals surface area (Å²) >= 11 is 6.15. The molecule has 3 aromatic rings. The lowest BCUT2D eigenvalue weighted by Crippen LogP contribution is -2.42. The number of carbonyl (C=O) groups is 2. The van der Waals surface area contributed by atoms with Gasteiger partial charge in [0.25, 0.3) is 0 Å². The highest BCUT2D eigenvalue weighted by Gasteiger charge is 2.35. The van der Waals surface area contributed by atoms with Crippen LogP contribution in [0.1, 0.15) is 27.5 Å². The number of rotatable bonds is 4. The first-order valence-corrected chi connectivity index (χ1v) is 9.38. The van der Waals surface area contributed by atoms with Crippen molar-refractivity contribution in [2.45, 2.75) is 6.04 Å². The zero-order valence-corrected chi connectivity index (χ0v) is 15.7. The second-order valence-electron chi connectivity index (χ2n) is 6.63. The van der Waals surface area contributed by atoms with E-state index in [2.05, 4.69) is 5.32 Å². The highest BCUT2D eigenvalue weighted by molar-refractivity contribution is 6.30. The molecule has 140 valence electrons. The molecular weight excluding hydrogens is 374 g/mol. The van der Waals surface area contributed by atoms with Crippen LogP contribution in [-0.2, 0) is 4.79 Å². The Bertz CT molecular complexity index is 1020. The van der Waals surface area contributed by atoms with E-state index >= 15 is 0 Å². The molecule has 0 radical (unpaired) electrons. The zero-order valence-electron chi connectivity index (χ0n) is 15.0. The van der Waals surface area contributed by atoms with Gasteiger partial charge in [-0.05, 0) is 35.4 Å². The monoisotopic (exact) mass is 391 g/mol. The van der Waals surface area contributed by atoms with Crippen LogP contribution in [0.3, 0.4) is 0 Å². The van der Waals surface area contributed by atoms with Crippen molar-refractivity contribution >= 4 is 23.3 Å². The Hall–Kier alpha value is -3.11. The Morgan fingerprint density at radius 3 is 2.46 bits per heavy atom. The summed E-state index contributed by atoms with van der Waals surface area (Å²) in [4.78, 5) is 25.8. The number of ketones is 1. The quantitative estimate of drug-likeness (QED) is 0.669. The van der Waals surface area contributed by atoms with Crippen molar-refractivity contribution in [3.8, 4) is 5.75 Å². The van der Waals surface area contributed by atoms with Crippen LogP contribution in [0.25, 0.3) is 0 Å². The third kappa shape index (κ3) is 3.64. The molecule has 2 unspecified atom stereocenters. The maximum atomic E-state index is 13.0. The van der Waals surface area contributed by atoms with Crippen LogP contribution < -0.4 is 10.1 Å². The Labute approximate surface area is 168 Å². The number of carbonyl (C=O) groups excluding carboxylic acids is 2. The lowest BCUT2D eigenvalue weighted by atomic mass is 9.92. The summed E-state index contributed by atoms with van der Waals surface area (Å²) in [5.74, 6) is -0.961. The number of nitrogens with one attached hydrogen (secondary N) is 1. The second-order valence-corrected chi connectivity index (χ2v) is 7.07. The number of ether oxygens (including phenoxy) is 1. The number of halogens is 1. The van der Waals surface area contributed by atoms with Gasteiger partial charge in [-0.15, -0.1) is 0 Å². The minimum atomic E-state index is -0.889. The Balaban J connectivity index is 1.62. The molecule has 0 saturated carbocycles. The van der Waals surface area contributed by atoms with Crippen molar-refractivity contribution in [3.63, 3.8) is 0 Å². The minimum absolute atomic E-state index is 0.0265. The lowest BCUT2D eigenvalue weighted by molar-refractivity contribution is -0.125. The van der Waals surface area contributed by atoms with E-state index in [9.17, 15) is 9.59 Å². The first-order chi connectivity index (χ1) is 13.6. The maximum absolute atomic E-state index is 13.0. The molecule has 4 rings (SSSR count). The Morgan fingerprint density at radius 1 is 0.964 bits per heavy atom. The highest BCUT2D eigenvalue weighted by Crippen LogP contribution is 2.29. The topological polar surface area (TPSA) is 55.4 Å². The number of Topliss-reactive ketones (excluding diaryl/α,β-unsaturated/α-hetero) is 1. The summed E-state index contributed by atoms with van der Waals surface area (Å²) in [6, 6.07) is 23.5. The summed E-state index contributed by atoms with van der Waals surface area (Å²) in [5.41, 5.74) is 2.19. The molecule has 1 aliphatic heterocycles. The molecule has 5 heteroatoms. The van der Waals surface area contributed by atoms with Gasteiger partial charge in [0.1, 0.15) is 18.3 Å². The number of hydrogen-bond donors (Lipinski definition) is 1. The fourth-order valence-electron chi connectivity index (χ4n) is 3.36. The maximum Gasteiger partial charge on any atom is 0.235 e. The third-order valence-corrected chi connectivity index (χ3v) is 5.03. The largest absolute Gasteiger partial charge is 0.492 e. The van der Waals surface area contributed by atoms with E-state index in [0.717, 1.165) is 11.1 Å². The van der Waals surface area contributed by atoms with Gasteiger partial charge in [-0.3, -0.25) is 9.59 Å². The zero-order chi connectivity index (χ0) is 19.5. The number of para-hydroxylation sites is 1. The van der Waals surface area contributed by atoms with Crippen molar-refractivity contribution in [2.75, 3.05) is 6.61 Å². The molecule has 0 saturated heterocycles. The first kappa shape index (κ1) is 18.3. The summed E-state index contributed by atoms with van der Waals surface area (Å²) in [7, 11) is 0. The Morgan fingerprint density at radius 2 is 1.68 bits per heavy atom. The SMILES string of the molecule is O=C(NC(c1ccccc1)c1cccc(Cl)c1)C1COc2ccccc2C1=O. The third-order valence-electron chi connectivity index (χ3n) is 4.79. The van der Waals surface area contributed by atoms with Crippen LogP contribution >= 0.6 is 11.6 Å². The predicted octanol–water partition coefficient (Wildman–Crippen LogP) is 4.44. The van der Waals surface area contributed by atoms with E-state index < -0.39 is 12.0 Å². The van der Waals surface area contributed by atoms with Gasteiger partial charge in [0.15, 0.2) is 5.78 Å². The average molecular weight is 392 g/mol. The van der Waals surface area contributed by atoms with Crippen molar-refractivity contribution in [1.29, 1.82) is 0 Å². The van der Waals surface area contributed by atoms with Crippen molar-refractivity contribution in [2.24, 2.45) is 5.92 Å². The number of hydrogen-bond acceptors (Lipinski definition) is 3. The summed E-state index contributed by atoms with van der Waals surface area (Å²) < 4.78 is 5.64. The molecule has 1 N–H and O–H groups in total. The van der Waals surface area contributed by atoms with Crippen molar-refractivity contribution in [1.82, 2.24) is 5.32 Å². The minimum Gasteiger partial charge on any atom is -0.492 e. The van der Waals surface area contributed by atoms with Crippen LogP contribution in [0, 0.1) is 5.92 Å². The van der Waals surface area contributed by atoms with Crippen molar-refractivity contribution in [3.05, 3.63) is 101 Å². The predicted molar refractivity (Wildman–Crippen MR) is 108 cm³/mol. The van der Waals surface area contributed by atoms with Gasteiger partial charge in [0, 0.05) is 5.02 Å². The standard InChI is InChI=1S/C23H18ClNO3/c24-17-10-6-9-16(13-17)21(15-7-2-1-3-8-15)25-23(27)19-14-28-20-12-5-4-11-18(20)22(19)26/h1-13,19,21H,14H2,(H,25,27). The summed E-state index contributed by atoms with van der Waals surface area (Å²) in [5, 5.41) is 3.59. The van der Waals surface area contributed by atoms with Gasteiger partial charge in [0.05, 0.1) is 11.6 Å². The van der Waals surface area contributed by atoms with Gasteiger partial charge in [-0.1, -0.05) is 66.2 Å². The molecule has 3 aromatic carbocycles. The molecular formula is C23H18ClNO3. The molecule has 0 aliphatic carbocycles. The molecule has 28 heavy (non-hydrogen) atoms. The van der Waals surface area contributed by atoms with Crippen LogP contribution in [-0.4, -0.2) is 18.3 Å². The molecule has 1 aliphatic rings. The summed E-state index contributed by atoms with van der Waals surface area (Å²) in [6.45, 7) is 0.0265. The fraction of sp³-hybridized carbons (Fsp3) is 0.130. The van der Waals surface area contributed by atoms with E-state index in [1.165, 1.54) is 0 Å². The smallest absolute Gasteiger partial charge is 0.235 e. The molecule has 1 amide bonds. The summed E-state index contributed by atoms with van der Waals surface area (Å²) in [6.07, 6.45) is 0. The molecule has 4 nitrogen and oxygen atoms in total. The highest BCUT2D eigenvalue weighted by atomic mass is 35.5. The molecule has 0 fully saturated rings. The van der Waals surface area contributed by atoms with Crippen LogP contribution in [0.2, 0.25) is 5.02 Å². The number of fused-ring (bicyclic) bond motifs is 1. The van der Waals surface area contributed by atoms with Gasteiger partial charge in [0.2, 0.25) is 5.91 Å². The average Bonchev–Trinajstić information content (AvgIpc) is 2.73. The van der Waals surface area contributed by atoms with E-state index in [1.54, 1.807) is 30.3 Å². The number of benzene rings is 3.